The second kappa shape index (κ2) is 8.01. The van der Waals surface area contributed by atoms with Crippen LogP contribution in [0.4, 0.5) is 0 Å². The molecule has 1 unspecified atom stereocenters. The van der Waals surface area contributed by atoms with Crippen LogP contribution in [0.3, 0.4) is 0 Å². The van der Waals surface area contributed by atoms with Gasteiger partial charge in [-0.15, -0.1) is 11.8 Å². The van der Waals surface area contributed by atoms with E-state index in [-0.39, 0.29) is 17.2 Å². The second-order valence-corrected chi connectivity index (χ2v) is 7.41. The van der Waals surface area contributed by atoms with Crippen molar-refractivity contribution in [2.45, 2.75) is 5.37 Å². The summed E-state index contributed by atoms with van der Waals surface area (Å²) in [5.74, 6) is 1.07. The quantitative estimate of drug-likeness (QED) is 0.777. The number of ether oxygens (including phenoxy) is 2. The van der Waals surface area contributed by atoms with E-state index < -0.39 is 0 Å². The minimum Gasteiger partial charge on any atom is -0.497 e. The van der Waals surface area contributed by atoms with E-state index in [2.05, 4.69) is 21.4 Å². The van der Waals surface area contributed by atoms with Crippen molar-refractivity contribution in [3.05, 3.63) is 58.1 Å². The number of hydrazine groups is 1. The fraction of sp³-hybridized carbons (Fsp3) is 0.222. The molecule has 3 rings (SSSR count). The predicted molar refractivity (Wildman–Crippen MR) is 103 cm³/mol. The Hall–Kier alpha value is -2.19. The molecule has 1 aliphatic heterocycles. The molecule has 2 amide bonds. The lowest BCUT2D eigenvalue weighted by molar-refractivity contribution is -0.130. The Morgan fingerprint density at radius 1 is 1.15 bits per heavy atom. The fourth-order valence-corrected chi connectivity index (χ4v) is 4.07. The maximum Gasteiger partial charge on any atom is 0.271 e. The monoisotopic (exact) mass is 436 g/mol. The van der Waals surface area contributed by atoms with E-state index in [1.165, 1.54) is 23.9 Å². The smallest absolute Gasteiger partial charge is 0.271 e. The van der Waals surface area contributed by atoms with E-state index in [0.717, 1.165) is 11.3 Å². The van der Waals surface area contributed by atoms with Gasteiger partial charge >= 0.3 is 0 Å². The Balaban J connectivity index is 1.82. The van der Waals surface area contributed by atoms with Gasteiger partial charge in [0.1, 0.15) is 16.9 Å². The Morgan fingerprint density at radius 3 is 2.46 bits per heavy atom. The number of halogens is 1. The summed E-state index contributed by atoms with van der Waals surface area (Å²) in [6, 6.07) is 12.5. The normalized spacial score (nSPS) is 16.5. The molecule has 2 aromatic carbocycles. The van der Waals surface area contributed by atoms with E-state index in [4.69, 9.17) is 9.47 Å². The third-order valence-corrected chi connectivity index (χ3v) is 5.81. The summed E-state index contributed by atoms with van der Waals surface area (Å²) in [5, 5.41) is 1.09. The molecule has 0 spiro atoms. The van der Waals surface area contributed by atoms with Gasteiger partial charge in [0, 0.05) is 4.47 Å². The van der Waals surface area contributed by atoms with Crippen molar-refractivity contribution >= 4 is 39.5 Å². The zero-order chi connectivity index (χ0) is 18.7. The number of thioether (sulfide) groups is 1. The Labute approximate surface area is 163 Å². The molecular formula is C18H17BrN2O4S. The average molecular weight is 437 g/mol. The van der Waals surface area contributed by atoms with Crippen LogP contribution >= 0.6 is 27.7 Å². The molecule has 6 nitrogen and oxygen atoms in total. The van der Waals surface area contributed by atoms with Crippen molar-refractivity contribution in [2.24, 2.45) is 0 Å². The summed E-state index contributed by atoms with van der Waals surface area (Å²) in [6.45, 7) is 0. The second-order valence-electron chi connectivity index (χ2n) is 5.49. The van der Waals surface area contributed by atoms with Crippen LogP contribution in [0.25, 0.3) is 0 Å². The lowest BCUT2D eigenvalue weighted by Gasteiger charge is -2.25. The number of nitrogens with one attached hydrogen (secondary N) is 1. The third-order valence-electron chi connectivity index (χ3n) is 3.91. The van der Waals surface area contributed by atoms with Crippen LogP contribution in [-0.2, 0) is 4.79 Å². The highest BCUT2D eigenvalue weighted by atomic mass is 79.9. The lowest BCUT2D eigenvalue weighted by atomic mass is 10.2. The Bertz CT molecular complexity index is 828. The topological polar surface area (TPSA) is 67.9 Å². The van der Waals surface area contributed by atoms with Crippen LogP contribution < -0.4 is 14.9 Å². The van der Waals surface area contributed by atoms with Crippen LogP contribution in [0.2, 0.25) is 0 Å². The molecule has 1 atom stereocenters. The first-order valence-electron chi connectivity index (χ1n) is 7.75. The molecule has 1 saturated heterocycles. The summed E-state index contributed by atoms with van der Waals surface area (Å²) < 4.78 is 11.0. The number of nitrogens with zero attached hydrogens (tertiary/aromatic N) is 1. The maximum absolute atomic E-state index is 12.7. The fourth-order valence-electron chi connectivity index (χ4n) is 2.53. The van der Waals surface area contributed by atoms with Gasteiger partial charge in [0.25, 0.3) is 11.8 Å². The molecule has 0 aliphatic carbocycles. The van der Waals surface area contributed by atoms with Crippen LogP contribution in [-0.4, -0.2) is 36.8 Å². The van der Waals surface area contributed by atoms with Crippen molar-refractivity contribution < 1.29 is 19.1 Å². The molecule has 26 heavy (non-hydrogen) atoms. The molecular weight excluding hydrogens is 420 g/mol. The predicted octanol–water partition coefficient (Wildman–Crippen LogP) is 3.39. The van der Waals surface area contributed by atoms with Gasteiger partial charge in [0.15, 0.2) is 0 Å². The summed E-state index contributed by atoms with van der Waals surface area (Å²) >= 11 is 4.82. The van der Waals surface area contributed by atoms with Gasteiger partial charge in [0.2, 0.25) is 0 Å². The molecule has 0 radical (unpaired) electrons. The van der Waals surface area contributed by atoms with Crippen LogP contribution in [0.5, 0.6) is 11.5 Å². The van der Waals surface area contributed by atoms with E-state index in [1.807, 2.05) is 24.3 Å². The number of carbonyl (C=O) groups is 2. The van der Waals surface area contributed by atoms with Gasteiger partial charge in [-0.2, -0.15) is 0 Å². The number of amides is 2. The molecule has 0 bridgehead atoms. The number of methoxy groups -OCH3 is 2. The summed E-state index contributed by atoms with van der Waals surface area (Å²) in [5.41, 5.74) is 4.02. The van der Waals surface area contributed by atoms with Crippen molar-refractivity contribution in [2.75, 3.05) is 20.0 Å². The number of carbonyl (C=O) groups excluding carboxylic acids is 2. The minimum atomic E-state index is -0.384. The summed E-state index contributed by atoms with van der Waals surface area (Å²) in [6.07, 6.45) is 0. The molecule has 0 saturated carbocycles. The standard InChI is InChI=1S/C18H17BrN2O4S/c1-24-12-5-3-11(4-6-12)18-21(16(22)10-26-18)20-17(23)14-9-13(25-2)7-8-15(14)19/h3-9,18H,10H2,1-2H3,(H,20,23). The number of benzene rings is 2. The van der Waals surface area contributed by atoms with Gasteiger partial charge in [-0.3, -0.25) is 15.0 Å². The van der Waals surface area contributed by atoms with Gasteiger partial charge < -0.3 is 9.47 Å². The molecule has 8 heteroatoms. The minimum absolute atomic E-state index is 0.150. The van der Waals surface area contributed by atoms with E-state index in [1.54, 1.807) is 25.3 Å². The van der Waals surface area contributed by atoms with Gasteiger partial charge in [0.05, 0.1) is 25.5 Å². The first-order valence-corrected chi connectivity index (χ1v) is 9.60. The first kappa shape index (κ1) is 18.6. The number of rotatable bonds is 5. The van der Waals surface area contributed by atoms with Crippen molar-refractivity contribution in [1.82, 2.24) is 10.4 Å². The van der Waals surface area contributed by atoms with Gasteiger partial charge in [-0.05, 0) is 51.8 Å². The molecule has 2 aromatic rings. The van der Waals surface area contributed by atoms with Gasteiger partial charge in [-0.1, -0.05) is 12.1 Å². The third kappa shape index (κ3) is 3.81. The Kier molecular flexibility index (Phi) is 5.73. The molecule has 136 valence electrons. The van der Waals surface area contributed by atoms with Crippen molar-refractivity contribution in [3.8, 4) is 11.5 Å². The Morgan fingerprint density at radius 2 is 1.81 bits per heavy atom. The van der Waals surface area contributed by atoms with Crippen molar-refractivity contribution in [3.63, 3.8) is 0 Å². The molecule has 1 fully saturated rings. The maximum atomic E-state index is 12.7. The highest BCUT2D eigenvalue weighted by Gasteiger charge is 2.34. The lowest BCUT2D eigenvalue weighted by Crippen LogP contribution is -2.44. The van der Waals surface area contributed by atoms with E-state index in [0.29, 0.717) is 21.5 Å². The highest BCUT2D eigenvalue weighted by molar-refractivity contribution is 9.10. The van der Waals surface area contributed by atoms with Crippen LogP contribution in [0.1, 0.15) is 21.3 Å². The first-order chi connectivity index (χ1) is 12.5. The zero-order valence-corrected chi connectivity index (χ0v) is 16.6. The molecule has 1 N–H and O–H groups in total. The number of hydrogen-bond acceptors (Lipinski definition) is 5. The SMILES string of the molecule is COc1ccc(C2SCC(=O)N2NC(=O)c2cc(OC)ccc2Br)cc1. The van der Waals surface area contributed by atoms with Crippen LogP contribution in [0, 0.1) is 0 Å². The molecule has 1 heterocycles. The summed E-state index contributed by atoms with van der Waals surface area (Å²) in [7, 11) is 3.13. The number of hydrogen-bond donors (Lipinski definition) is 1. The van der Waals surface area contributed by atoms with Gasteiger partial charge in [-0.25, -0.2) is 5.01 Å². The van der Waals surface area contributed by atoms with Crippen LogP contribution in [0.15, 0.2) is 46.9 Å². The average Bonchev–Trinajstić information content (AvgIpc) is 3.02. The highest BCUT2D eigenvalue weighted by Crippen LogP contribution is 2.38. The summed E-state index contributed by atoms with van der Waals surface area (Å²) in [4.78, 5) is 25.0. The zero-order valence-electron chi connectivity index (χ0n) is 14.2. The molecule has 1 aliphatic rings. The van der Waals surface area contributed by atoms with Crippen molar-refractivity contribution in [1.29, 1.82) is 0 Å². The van der Waals surface area contributed by atoms with E-state index in [9.17, 15) is 9.59 Å². The van der Waals surface area contributed by atoms with E-state index >= 15 is 0 Å². The largest absolute Gasteiger partial charge is 0.497 e. The molecule has 0 aromatic heterocycles.